The van der Waals surface area contributed by atoms with Gasteiger partial charge in [0, 0.05) is 12.1 Å². The second-order valence-electron chi connectivity index (χ2n) is 3.00. The number of benzene rings is 1. The average molecular weight is 237 g/mol. The zero-order chi connectivity index (χ0) is 11.7. The van der Waals surface area contributed by atoms with E-state index in [1.165, 1.54) is 16.7 Å². The summed E-state index contributed by atoms with van der Waals surface area (Å²) in [6.45, 7) is 0. The predicted molar refractivity (Wildman–Crippen MR) is 59.8 cm³/mol. The number of nitrogens with two attached hydrogens (primary N) is 1. The summed E-state index contributed by atoms with van der Waals surface area (Å²) in [6.07, 6.45) is 0. The van der Waals surface area contributed by atoms with Crippen molar-refractivity contribution in [3.63, 3.8) is 0 Å². The first kappa shape index (κ1) is 10.3. The average Bonchev–Trinajstić information content (AvgIpc) is 2.59. The Balaban J connectivity index is 2.61. The van der Waals surface area contributed by atoms with Gasteiger partial charge in [-0.25, -0.2) is 5.10 Å². The first-order valence-electron chi connectivity index (χ1n) is 4.27. The first-order chi connectivity index (χ1) is 7.59. The molecule has 0 saturated carbocycles. The van der Waals surface area contributed by atoms with E-state index in [2.05, 4.69) is 10.2 Å². The minimum atomic E-state index is -0.483. The molecule has 82 valence electrons. The third-order valence-electron chi connectivity index (χ3n) is 2.00. The monoisotopic (exact) mass is 237 g/mol. The molecule has 8 heteroatoms. The quantitative estimate of drug-likeness (QED) is 0.467. The highest BCUT2D eigenvalue weighted by molar-refractivity contribution is 7.71. The second kappa shape index (κ2) is 3.74. The summed E-state index contributed by atoms with van der Waals surface area (Å²) in [7, 11) is 0. The van der Waals surface area contributed by atoms with E-state index in [1.807, 2.05) is 0 Å². The van der Waals surface area contributed by atoms with E-state index in [-0.39, 0.29) is 16.4 Å². The van der Waals surface area contributed by atoms with Crippen molar-refractivity contribution in [3.05, 3.63) is 39.2 Å². The molecular weight excluding hydrogens is 230 g/mol. The van der Waals surface area contributed by atoms with Crippen molar-refractivity contribution < 1.29 is 4.92 Å². The molecule has 2 rings (SSSR count). The van der Waals surface area contributed by atoms with Gasteiger partial charge in [-0.05, 0) is 18.3 Å². The molecule has 0 amide bonds. The van der Waals surface area contributed by atoms with Crippen molar-refractivity contribution in [1.82, 2.24) is 14.8 Å². The molecule has 7 nitrogen and oxygen atoms in total. The molecule has 1 aromatic carbocycles. The maximum Gasteiger partial charge on any atom is 0.271 e. The number of nitrogens with one attached hydrogen (secondary N) is 1. The minimum absolute atomic E-state index is 0.0278. The Hall–Kier alpha value is -2.22. The number of aromatic nitrogens is 3. The van der Waals surface area contributed by atoms with Crippen molar-refractivity contribution in [1.29, 1.82) is 0 Å². The number of aromatic amines is 1. The third kappa shape index (κ3) is 1.65. The van der Waals surface area contributed by atoms with Gasteiger partial charge in [0.1, 0.15) is 0 Å². The summed E-state index contributed by atoms with van der Waals surface area (Å²) in [5.74, 6) is 0.158. The van der Waals surface area contributed by atoms with Crippen molar-refractivity contribution >= 4 is 23.9 Å². The molecule has 0 unspecified atom stereocenters. The van der Waals surface area contributed by atoms with Crippen molar-refractivity contribution in [2.45, 2.75) is 0 Å². The molecule has 0 spiro atoms. The molecule has 16 heavy (non-hydrogen) atoms. The summed E-state index contributed by atoms with van der Waals surface area (Å²) in [5.41, 5.74) is 6.06. The van der Waals surface area contributed by atoms with Gasteiger partial charge in [-0.2, -0.15) is 0 Å². The number of non-ortho nitro benzene ring substituents is 1. The number of hydrogen-bond acceptors (Lipinski definition) is 5. The largest absolute Gasteiger partial charge is 0.368 e. The zero-order valence-corrected chi connectivity index (χ0v) is 8.77. The van der Waals surface area contributed by atoms with Crippen LogP contribution >= 0.6 is 12.2 Å². The normalized spacial score (nSPS) is 10.2. The smallest absolute Gasteiger partial charge is 0.271 e. The van der Waals surface area contributed by atoms with Gasteiger partial charge >= 0.3 is 0 Å². The van der Waals surface area contributed by atoms with Crippen molar-refractivity contribution in [3.8, 4) is 5.69 Å². The molecule has 0 radical (unpaired) electrons. The van der Waals surface area contributed by atoms with E-state index in [9.17, 15) is 10.1 Å². The highest BCUT2D eigenvalue weighted by atomic mass is 32.1. The lowest BCUT2D eigenvalue weighted by atomic mass is 10.3. The molecule has 0 aliphatic heterocycles. The second-order valence-corrected chi connectivity index (χ2v) is 3.39. The van der Waals surface area contributed by atoms with Gasteiger partial charge in [-0.3, -0.25) is 14.7 Å². The van der Waals surface area contributed by atoms with Crippen molar-refractivity contribution in [2.24, 2.45) is 0 Å². The van der Waals surface area contributed by atoms with Crippen LogP contribution in [0.4, 0.5) is 11.6 Å². The summed E-state index contributed by atoms with van der Waals surface area (Å²) >= 11 is 4.96. The Morgan fingerprint density at radius 3 is 2.88 bits per heavy atom. The van der Waals surface area contributed by atoms with E-state index in [1.54, 1.807) is 12.1 Å². The van der Waals surface area contributed by atoms with Gasteiger partial charge in [0.05, 0.1) is 10.6 Å². The van der Waals surface area contributed by atoms with Gasteiger partial charge in [0.15, 0.2) is 0 Å². The number of H-pyrrole nitrogens is 1. The van der Waals surface area contributed by atoms with Crippen LogP contribution in [-0.2, 0) is 0 Å². The Morgan fingerprint density at radius 2 is 2.31 bits per heavy atom. The fraction of sp³-hybridized carbons (Fsp3) is 0. The van der Waals surface area contributed by atoms with Crippen LogP contribution in [-0.4, -0.2) is 19.7 Å². The maximum absolute atomic E-state index is 10.6. The number of nitrogens with zero attached hydrogens (tertiary/aromatic N) is 3. The Kier molecular flexibility index (Phi) is 2.41. The molecular formula is C8H7N5O2S. The number of nitrogen functional groups attached to an aromatic ring is 1. The van der Waals surface area contributed by atoms with Crippen LogP contribution in [0, 0.1) is 14.9 Å². The Labute approximate surface area is 94.7 Å². The fourth-order valence-electron chi connectivity index (χ4n) is 1.30. The Morgan fingerprint density at radius 1 is 1.56 bits per heavy atom. The number of rotatable bonds is 2. The van der Waals surface area contributed by atoms with E-state index in [0.29, 0.717) is 5.69 Å². The lowest BCUT2D eigenvalue weighted by Crippen LogP contribution is -2.01. The molecule has 0 bridgehead atoms. The van der Waals surface area contributed by atoms with Gasteiger partial charge in [0.25, 0.3) is 5.69 Å². The topological polar surface area (TPSA) is 103 Å². The molecule has 3 N–H and O–H groups in total. The molecule has 1 heterocycles. The van der Waals surface area contributed by atoms with E-state index < -0.39 is 4.92 Å². The molecule has 0 saturated heterocycles. The van der Waals surface area contributed by atoms with Crippen LogP contribution in [0.2, 0.25) is 0 Å². The van der Waals surface area contributed by atoms with E-state index in [4.69, 9.17) is 18.0 Å². The lowest BCUT2D eigenvalue weighted by molar-refractivity contribution is -0.384. The van der Waals surface area contributed by atoms with Gasteiger partial charge < -0.3 is 5.73 Å². The first-order valence-corrected chi connectivity index (χ1v) is 4.68. The van der Waals surface area contributed by atoms with Crippen LogP contribution in [0.15, 0.2) is 24.3 Å². The van der Waals surface area contributed by atoms with Crippen LogP contribution < -0.4 is 5.73 Å². The van der Waals surface area contributed by atoms with E-state index >= 15 is 0 Å². The third-order valence-corrected chi connectivity index (χ3v) is 2.27. The predicted octanol–water partition coefficient (Wildman–Crippen LogP) is 1.42. The molecule has 0 aliphatic rings. The molecule has 1 aromatic heterocycles. The number of anilines is 1. The van der Waals surface area contributed by atoms with Crippen LogP contribution in [0.1, 0.15) is 0 Å². The van der Waals surface area contributed by atoms with Crippen LogP contribution in [0.5, 0.6) is 0 Å². The number of nitro benzene ring substituents is 1. The van der Waals surface area contributed by atoms with Gasteiger partial charge in [0.2, 0.25) is 10.7 Å². The molecule has 2 aromatic rings. The Bertz CT molecular complexity index is 602. The summed E-state index contributed by atoms with van der Waals surface area (Å²) in [6, 6.07) is 5.99. The van der Waals surface area contributed by atoms with Crippen molar-refractivity contribution in [2.75, 3.05) is 5.73 Å². The number of nitro groups is 1. The minimum Gasteiger partial charge on any atom is -0.368 e. The zero-order valence-electron chi connectivity index (χ0n) is 7.95. The fourth-order valence-corrected chi connectivity index (χ4v) is 1.55. The standard InChI is InChI=1S/C8H7N5O2S/c9-7-10-11-8(16)12(7)5-2-1-3-6(4-5)13(14)15/h1-4H,(H2,9,10)(H,11,16). The maximum atomic E-state index is 10.6. The lowest BCUT2D eigenvalue weighted by Gasteiger charge is -2.02. The summed E-state index contributed by atoms with van der Waals surface area (Å²) < 4.78 is 1.71. The SMILES string of the molecule is Nc1n[nH]c(=S)n1-c1cccc([N+](=O)[O-])c1. The van der Waals surface area contributed by atoms with Gasteiger partial charge in [-0.15, -0.1) is 5.10 Å². The number of hydrogen-bond donors (Lipinski definition) is 2. The van der Waals surface area contributed by atoms with Crippen LogP contribution in [0.3, 0.4) is 0 Å². The van der Waals surface area contributed by atoms with Gasteiger partial charge in [-0.1, -0.05) is 6.07 Å². The van der Waals surface area contributed by atoms with E-state index in [0.717, 1.165) is 0 Å². The summed E-state index contributed by atoms with van der Waals surface area (Å²) in [5, 5.41) is 16.8. The highest BCUT2D eigenvalue weighted by Crippen LogP contribution is 2.18. The van der Waals surface area contributed by atoms with Crippen LogP contribution in [0.25, 0.3) is 5.69 Å². The molecule has 0 fully saturated rings. The molecule has 0 atom stereocenters. The molecule has 0 aliphatic carbocycles. The highest BCUT2D eigenvalue weighted by Gasteiger charge is 2.09. The summed E-state index contributed by atoms with van der Waals surface area (Å²) in [4.78, 5) is 10.1.